The van der Waals surface area contributed by atoms with Gasteiger partial charge in [0.1, 0.15) is 4.21 Å². The first-order chi connectivity index (χ1) is 5.56. The molecule has 1 N–H and O–H groups in total. The van der Waals surface area contributed by atoms with Crippen molar-refractivity contribution in [3.63, 3.8) is 0 Å². The molecule has 0 amide bonds. The maximum Gasteiger partial charge on any atom is 0.288 e. The van der Waals surface area contributed by atoms with E-state index in [1.165, 1.54) is 10.9 Å². The first-order valence-electron chi connectivity index (χ1n) is 2.66. The highest BCUT2D eigenvalue weighted by molar-refractivity contribution is 9.11. The Morgan fingerprint density at radius 3 is 2.58 bits per heavy atom. The van der Waals surface area contributed by atoms with Gasteiger partial charge in [0.15, 0.2) is 0 Å². The van der Waals surface area contributed by atoms with E-state index in [1.807, 2.05) is 0 Å². The average molecular weight is 271 g/mol. The van der Waals surface area contributed by atoms with Crippen molar-refractivity contribution in [3.8, 4) is 0 Å². The van der Waals surface area contributed by atoms with E-state index in [0.29, 0.717) is 3.79 Å². The minimum absolute atomic E-state index is 0.0500. The molecule has 0 spiro atoms. The maximum atomic E-state index is 11.0. The van der Waals surface area contributed by atoms with Crippen molar-refractivity contribution < 1.29 is 8.42 Å². The lowest BCUT2D eigenvalue weighted by molar-refractivity contribution is 0.586. The first kappa shape index (κ1) is 9.62. The van der Waals surface area contributed by atoms with E-state index < -0.39 is 10.0 Å². The summed E-state index contributed by atoms with van der Waals surface area (Å²) in [6, 6.07) is 2.95. The zero-order valence-corrected chi connectivity index (χ0v) is 8.74. The molecule has 0 radical (unpaired) electrons. The number of rotatable bonds is 3. The van der Waals surface area contributed by atoms with Crippen molar-refractivity contribution in [1.82, 2.24) is 4.83 Å². The van der Waals surface area contributed by atoms with Gasteiger partial charge in [-0.15, -0.1) is 16.2 Å². The molecule has 0 aliphatic rings. The van der Waals surface area contributed by atoms with Crippen LogP contribution in [0.15, 0.2) is 25.4 Å². The van der Waals surface area contributed by atoms with Crippen molar-refractivity contribution in [2.75, 3.05) is 0 Å². The molecule has 1 aromatic rings. The summed E-state index contributed by atoms with van der Waals surface area (Å²) in [5, 5.41) is 2.10. The Kier molecular flexibility index (Phi) is 2.80. The van der Waals surface area contributed by atoms with E-state index in [9.17, 15) is 13.3 Å². The van der Waals surface area contributed by atoms with Gasteiger partial charge in [-0.05, 0) is 28.1 Å². The standard InChI is InChI=1S/C4H3BrN2O3S2/c5-3-1-2-4(11-3)12(9,10)7-6-8/h1-2H,(H,7,8). The molecule has 1 rings (SSSR count). The van der Waals surface area contributed by atoms with Gasteiger partial charge in [0.2, 0.25) is 0 Å². The maximum absolute atomic E-state index is 11.0. The van der Waals surface area contributed by atoms with Crippen molar-refractivity contribution in [3.05, 3.63) is 20.8 Å². The number of nitrogens with zero attached hydrogens (tertiary/aromatic N) is 1. The molecule has 5 nitrogen and oxygen atoms in total. The normalized spacial score (nSPS) is 11.1. The Morgan fingerprint density at radius 2 is 2.17 bits per heavy atom. The van der Waals surface area contributed by atoms with Crippen LogP contribution >= 0.6 is 27.3 Å². The van der Waals surface area contributed by atoms with E-state index in [0.717, 1.165) is 11.3 Å². The third kappa shape index (κ3) is 2.02. The largest absolute Gasteiger partial charge is 0.288 e. The molecular weight excluding hydrogens is 268 g/mol. The number of sulfonamides is 1. The molecule has 12 heavy (non-hydrogen) atoms. The SMILES string of the molecule is O=NNS(=O)(=O)c1ccc(Br)s1. The summed E-state index contributed by atoms with van der Waals surface area (Å²) < 4.78 is 22.8. The summed E-state index contributed by atoms with van der Waals surface area (Å²) in [4.78, 5) is 11.1. The van der Waals surface area contributed by atoms with Gasteiger partial charge >= 0.3 is 0 Å². The molecule has 0 atom stereocenters. The summed E-state index contributed by atoms with van der Waals surface area (Å²) in [6.07, 6.45) is 0. The molecule has 0 fully saturated rings. The van der Waals surface area contributed by atoms with Gasteiger partial charge in [-0.25, -0.2) is 0 Å². The Morgan fingerprint density at radius 1 is 1.50 bits per heavy atom. The highest BCUT2D eigenvalue weighted by Gasteiger charge is 2.15. The smallest absolute Gasteiger partial charge is 0.199 e. The van der Waals surface area contributed by atoms with Gasteiger partial charge in [0.25, 0.3) is 10.0 Å². The van der Waals surface area contributed by atoms with E-state index in [4.69, 9.17) is 0 Å². The summed E-state index contributed by atoms with van der Waals surface area (Å²) in [6.45, 7) is 0. The summed E-state index contributed by atoms with van der Waals surface area (Å²) in [5.41, 5.74) is 0. The summed E-state index contributed by atoms with van der Waals surface area (Å²) in [5.74, 6) is 0. The quantitative estimate of drug-likeness (QED) is 0.668. The number of hydrogen-bond acceptors (Lipinski definition) is 5. The van der Waals surface area contributed by atoms with Gasteiger partial charge in [-0.2, -0.15) is 13.2 Å². The second kappa shape index (κ2) is 3.50. The van der Waals surface area contributed by atoms with Gasteiger partial charge in [0, 0.05) is 0 Å². The van der Waals surface area contributed by atoms with Gasteiger partial charge in [-0.3, -0.25) is 0 Å². The van der Waals surface area contributed by atoms with E-state index in [-0.39, 0.29) is 4.21 Å². The number of nitrogens with one attached hydrogen (secondary N) is 1. The molecule has 66 valence electrons. The highest BCUT2D eigenvalue weighted by Crippen LogP contribution is 2.25. The van der Waals surface area contributed by atoms with Crippen molar-refractivity contribution in [2.45, 2.75) is 4.21 Å². The number of halogens is 1. The average Bonchev–Trinajstić information content (AvgIpc) is 2.36. The molecule has 0 aliphatic carbocycles. The molecule has 0 saturated heterocycles. The van der Waals surface area contributed by atoms with Crippen LogP contribution in [0.3, 0.4) is 0 Å². The number of thiophene rings is 1. The van der Waals surface area contributed by atoms with Crippen LogP contribution in [0.25, 0.3) is 0 Å². The van der Waals surface area contributed by atoms with Crippen LogP contribution in [0, 0.1) is 4.91 Å². The topological polar surface area (TPSA) is 75.6 Å². The highest BCUT2D eigenvalue weighted by atomic mass is 79.9. The molecule has 0 aliphatic heterocycles. The van der Waals surface area contributed by atoms with Crippen LogP contribution in [-0.2, 0) is 10.0 Å². The van der Waals surface area contributed by atoms with Crippen molar-refractivity contribution in [2.24, 2.45) is 5.29 Å². The molecule has 0 unspecified atom stereocenters. The predicted molar refractivity (Wildman–Crippen MR) is 48.1 cm³/mol. The first-order valence-corrected chi connectivity index (χ1v) is 5.75. The summed E-state index contributed by atoms with van der Waals surface area (Å²) in [7, 11) is -3.73. The Labute approximate surface area is 80.9 Å². The number of nitroso groups, excluding NO2 is 1. The van der Waals surface area contributed by atoms with Crippen LogP contribution in [0.2, 0.25) is 0 Å². The molecule has 0 bridgehead atoms. The third-order valence-electron chi connectivity index (χ3n) is 0.971. The summed E-state index contributed by atoms with van der Waals surface area (Å²) >= 11 is 4.10. The minimum Gasteiger partial charge on any atom is -0.199 e. The molecule has 8 heteroatoms. The van der Waals surface area contributed by atoms with Crippen LogP contribution < -0.4 is 4.83 Å². The number of hydrogen-bond donors (Lipinski definition) is 1. The van der Waals surface area contributed by atoms with Gasteiger partial charge in [0.05, 0.1) is 9.07 Å². The minimum atomic E-state index is -3.73. The zero-order valence-electron chi connectivity index (χ0n) is 5.52. The van der Waals surface area contributed by atoms with Crippen LogP contribution in [0.4, 0.5) is 0 Å². The van der Waals surface area contributed by atoms with Crippen LogP contribution in [-0.4, -0.2) is 8.42 Å². The van der Waals surface area contributed by atoms with E-state index >= 15 is 0 Å². The lowest BCUT2D eigenvalue weighted by Crippen LogP contribution is -2.15. The fourth-order valence-corrected chi connectivity index (χ4v) is 3.23. The molecular formula is C4H3BrN2O3S2. The Hall–Kier alpha value is -0.470. The fourth-order valence-electron chi connectivity index (χ4n) is 0.536. The fraction of sp³-hybridized carbons (Fsp3) is 0. The molecule has 1 heterocycles. The monoisotopic (exact) mass is 270 g/mol. The predicted octanol–water partition coefficient (Wildman–Crippen LogP) is 1.47. The molecule has 0 aromatic carbocycles. The Balaban J connectivity index is 3.06. The lowest BCUT2D eigenvalue weighted by atomic mass is 10.7. The zero-order chi connectivity index (χ0) is 9.19. The van der Waals surface area contributed by atoms with E-state index in [2.05, 4.69) is 21.2 Å². The van der Waals surface area contributed by atoms with E-state index in [1.54, 1.807) is 6.07 Å². The third-order valence-corrected chi connectivity index (χ3v) is 4.28. The lowest BCUT2D eigenvalue weighted by Gasteiger charge is -1.93. The second-order valence-electron chi connectivity index (χ2n) is 1.74. The molecule has 1 aromatic heterocycles. The molecule has 0 saturated carbocycles. The van der Waals surface area contributed by atoms with Crippen LogP contribution in [0.1, 0.15) is 0 Å². The van der Waals surface area contributed by atoms with Gasteiger partial charge < -0.3 is 0 Å². The van der Waals surface area contributed by atoms with Crippen molar-refractivity contribution in [1.29, 1.82) is 0 Å². The van der Waals surface area contributed by atoms with Gasteiger partial charge in [-0.1, -0.05) is 0 Å². The van der Waals surface area contributed by atoms with Crippen molar-refractivity contribution >= 4 is 37.3 Å². The Bertz CT molecular complexity index is 385. The second-order valence-corrected chi connectivity index (χ2v) is 6.10. The van der Waals surface area contributed by atoms with Crippen LogP contribution in [0.5, 0.6) is 0 Å².